The van der Waals surface area contributed by atoms with Crippen molar-refractivity contribution in [3.63, 3.8) is 0 Å². The summed E-state index contributed by atoms with van der Waals surface area (Å²) in [5.41, 5.74) is 2.30. The van der Waals surface area contributed by atoms with Gasteiger partial charge in [-0.05, 0) is 68.3 Å². The van der Waals surface area contributed by atoms with Crippen molar-refractivity contribution in [1.82, 2.24) is 25.5 Å². The van der Waals surface area contributed by atoms with E-state index in [1.165, 1.54) is 18.4 Å². The second-order valence-electron chi connectivity index (χ2n) is 14.8. The van der Waals surface area contributed by atoms with Crippen molar-refractivity contribution in [1.29, 1.82) is 0 Å². The summed E-state index contributed by atoms with van der Waals surface area (Å²) in [6.07, 6.45) is 6.63. The van der Waals surface area contributed by atoms with Crippen molar-refractivity contribution in [3.05, 3.63) is 42.2 Å². The number of piperidine rings is 2. The van der Waals surface area contributed by atoms with E-state index in [0.717, 1.165) is 75.9 Å². The highest BCUT2D eigenvalue weighted by atomic mass is 16.2. The monoisotopic (exact) mass is 604 g/mol. The molecule has 0 bridgehead atoms. The first-order chi connectivity index (χ1) is 20.9. The van der Waals surface area contributed by atoms with Gasteiger partial charge in [0.2, 0.25) is 11.8 Å². The summed E-state index contributed by atoms with van der Waals surface area (Å²) in [4.78, 5) is 41.0. The molecule has 1 aromatic heterocycles. The highest BCUT2D eigenvalue weighted by Gasteiger charge is 2.41. The van der Waals surface area contributed by atoms with Crippen LogP contribution in [0.2, 0.25) is 0 Å². The summed E-state index contributed by atoms with van der Waals surface area (Å²) >= 11 is 0. The molecule has 3 aliphatic rings. The van der Waals surface area contributed by atoms with Gasteiger partial charge in [-0.15, -0.1) is 0 Å². The minimum absolute atomic E-state index is 0.0624. The van der Waals surface area contributed by atoms with Gasteiger partial charge in [-0.1, -0.05) is 46.8 Å². The smallest absolute Gasteiger partial charge is 0.240 e. The number of nitrogens with one attached hydrogen (secondary N) is 3. The summed E-state index contributed by atoms with van der Waals surface area (Å²) in [6, 6.07) is 10.8. The second-order valence-corrected chi connectivity index (χ2v) is 14.8. The van der Waals surface area contributed by atoms with Gasteiger partial charge in [-0.2, -0.15) is 0 Å². The molecule has 4 heterocycles. The Morgan fingerprint density at radius 1 is 0.955 bits per heavy atom. The molecule has 0 unspecified atom stereocenters. The molecule has 240 valence electrons. The van der Waals surface area contributed by atoms with Crippen LogP contribution in [-0.2, 0) is 16.1 Å². The Kier molecular flexibility index (Phi) is 9.68. The fraction of sp³-hybridized carbons (Fsp3) is 0.647. The quantitative estimate of drug-likeness (QED) is 0.369. The maximum atomic E-state index is 12.9. The van der Waals surface area contributed by atoms with Crippen LogP contribution >= 0.6 is 0 Å². The zero-order valence-corrected chi connectivity index (χ0v) is 27.4. The lowest BCUT2D eigenvalue weighted by Crippen LogP contribution is -2.66. The molecule has 3 fully saturated rings. The fourth-order valence-corrected chi connectivity index (χ4v) is 6.37. The number of benzene rings is 1. The molecular formula is C34H52N8O2. The molecule has 0 aliphatic carbocycles. The van der Waals surface area contributed by atoms with Gasteiger partial charge in [-0.25, -0.2) is 9.97 Å². The highest BCUT2D eigenvalue weighted by Crippen LogP contribution is 2.32. The first kappa shape index (κ1) is 32.0. The normalized spacial score (nSPS) is 20.3. The van der Waals surface area contributed by atoms with Gasteiger partial charge in [0.05, 0.1) is 12.1 Å². The zero-order valence-electron chi connectivity index (χ0n) is 27.4. The predicted octanol–water partition coefficient (Wildman–Crippen LogP) is 4.04. The SMILES string of the molecule is CC1(C)CCN(Cc2ccc(N3CC(=O)NC4(CCN(c5cc(NCCCNC(=O)C(C)(C)C)ncn5)CC4)C3)cc2)CC1. The van der Waals surface area contributed by atoms with Gasteiger partial charge >= 0.3 is 0 Å². The standard InChI is InChI=1S/C34H52N8O2/c1-32(2,3)31(44)36-16-6-15-35-28-21-29(38-25-37-28)41-19-13-34(14-20-41)24-42(23-30(43)39-34)27-9-7-26(8-10-27)22-40-17-11-33(4,5)12-18-40/h7-10,21,25H,6,11-20,22-24H2,1-5H3,(H,36,44)(H,39,43)(H,35,37,38). The van der Waals surface area contributed by atoms with Gasteiger partial charge < -0.3 is 25.8 Å². The van der Waals surface area contributed by atoms with Crippen molar-refractivity contribution in [2.75, 3.05) is 67.5 Å². The molecule has 3 saturated heterocycles. The highest BCUT2D eigenvalue weighted by molar-refractivity contribution is 5.84. The molecule has 10 nitrogen and oxygen atoms in total. The Hall–Kier alpha value is -3.40. The number of hydrogen-bond donors (Lipinski definition) is 3. The predicted molar refractivity (Wildman–Crippen MR) is 177 cm³/mol. The van der Waals surface area contributed by atoms with Crippen LogP contribution in [0.4, 0.5) is 17.3 Å². The maximum absolute atomic E-state index is 12.9. The first-order valence-corrected chi connectivity index (χ1v) is 16.4. The van der Waals surface area contributed by atoms with Crippen molar-refractivity contribution in [3.8, 4) is 0 Å². The fourth-order valence-electron chi connectivity index (χ4n) is 6.37. The van der Waals surface area contributed by atoms with Crippen molar-refractivity contribution in [2.45, 2.75) is 78.8 Å². The van der Waals surface area contributed by atoms with Crippen LogP contribution in [0.25, 0.3) is 0 Å². The van der Waals surface area contributed by atoms with Gasteiger partial charge in [0, 0.05) is 56.4 Å². The number of piperazine rings is 1. The number of rotatable bonds is 9. The Labute approximate surface area is 263 Å². The molecule has 0 radical (unpaired) electrons. The van der Waals surface area contributed by atoms with Crippen LogP contribution in [0.3, 0.4) is 0 Å². The number of aromatic nitrogens is 2. The number of anilines is 3. The summed E-state index contributed by atoms with van der Waals surface area (Å²) in [5.74, 6) is 1.83. The Bertz CT molecular complexity index is 1270. The number of nitrogens with zero attached hydrogens (tertiary/aromatic N) is 5. The molecule has 0 atom stereocenters. The van der Waals surface area contributed by atoms with Crippen LogP contribution in [0.1, 0.15) is 72.3 Å². The largest absolute Gasteiger partial charge is 0.370 e. The summed E-state index contributed by atoms with van der Waals surface area (Å²) in [6.45, 7) is 18.0. The molecule has 5 rings (SSSR count). The summed E-state index contributed by atoms with van der Waals surface area (Å²) in [5, 5.41) is 9.69. The maximum Gasteiger partial charge on any atom is 0.240 e. The van der Waals surface area contributed by atoms with E-state index in [9.17, 15) is 9.59 Å². The Morgan fingerprint density at radius 2 is 1.66 bits per heavy atom. The van der Waals surface area contributed by atoms with E-state index in [1.807, 2.05) is 26.8 Å². The summed E-state index contributed by atoms with van der Waals surface area (Å²) in [7, 11) is 0. The van der Waals surface area contributed by atoms with Crippen molar-refractivity contribution < 1.29 is 9.59 Å². The Morgan fingerprint density at radius 3 is 2.34 bits per heavy atom. The number of likely N-dealkylation sites (tertiary alicyclic amines) is 1. The lowest BCUT2D eigenvalue weighted by Gasteiger charge is -2.48. The molecular weight excluding hydrogens is 552 g/mol. The number of carbonyl (C=O) groups is 2. The molecule has 1 spiro atoms. The van der Waals surface area contributed by atoms with E-state index in [4.69, 9.17) is 0 Å². The first-order valence-electron chi connectivity index (χ1n) is 16.4. The number of carbonyl (C=O) groups excluding carboxylic acids is 2. The van der Waals surface area contributed by atoms with E-state index in [2.05, 4.69) is 78.7 Å². The van der Waals surface area contributed by atoms with Gasteiger partial charge in [0.1, 0.15) is 18.0 Å². The molecule has 1 aromatic carbocycles. The number of amides is 2. The summed E-state index contributed by atoms with van der Waals surface area (Å²) < 4.78 is 0. The topological polar surface area (TPSA) is 106 Å². The third-order valence-electron chi connectivity index (χ3n) is 9.47. The van der Waals surface area contributed by atoms with Crippen LogP contribution in [0.15, 0.2) is 36.7 Å². The molecule has 3 N–H and O–H groups in total. The third-order valence-corrected chi connectivity index (χ3v) is 9.47. The van der Waals surface area contributed by atoms with Gasteiger partial charge in [-0.3, -0.25) is 14.5 Å². The van der Waals surface area contributed by atoms with Crippen LogP contribution in [0, 0.1) is 10.8 Å². The minimum Gasteiger partial charge on any atom is -0.370 e. The lowest BCUT2D eigenvalue weighted by molar-refractivity contribution is -0.128. The van der Waals surface area contributed by atoms with Gasteiger partial charge in [0.15, 0.2) is 0 Å². The van der Waals surface area contributed by atoms with Crippen molar-refractivity contribution >= 4 is 29.1 Å². The zero-order chi connectivity index (χ0) is 31.4. The molecule has 2 aromatic rings. The second kappa shape index (κ2) is 13.3. The van der Waals surface area contributed by atoms with Crippen molar-refractivity contribution in [2.24, 2.45) is 10.8 Å². The average molecular weight is 605 g/mol. The van der Waals surface area contributed by atoms with E-state index in [0.29, 0.717) is 25.0 Å². The van der Waals surface area contributed by atoms with E-state index in [-0.39, 0.29) is 22.8 Å². The van der Waals surface area contributed by atoms with Crippen LogP contribution in [-0.4, -0.2) is 84.6 Å². The van der Waals surface area contributed by atoms with E-state index in [1.54, 1.807) is 6.33 Å². The number of hydrogen-bond acceptors (Lipinski definition) is 8. The molecule has 2 amide bonds. The van der Waals surface area contributed by atoms with Crippen LogP contribution in [0.5, 0.6) is 0 Å². The Balaban J connectivity index is 1.11. The molecule has 0 saturated carbocycles. The van der Waals surface area contributed by atoms with E-state index >= 15 is 0 Å². The lowest BCUT2D eigenvalue weighted by atomic mass is 9.82. The van der Waals surface area contributed by atoms with Gasteiger partial charge in [0.25, 0.3) is 0 Å². The molecule has 10 heteroatoms. The molecule has 3 aliphatic heterocycles. The minimum atomic E-state index is -0.378. The third kappa shape index (κ3) is 8.40. The van der Waals surface area contributed by atoms with E-state index < -0.39 is 0 Å². The average Bonchev–Trinajstić information content (AvgIpc) is 2.98. The van der Waals surface area contributed by atoms with Crippen LogP contribution < -0.4 is 25.8 Å². The molecule has 44 heavy (non-hydrogen) atoms.